The van der Waals surface area contributed by atoms with Crippen LogP contribution in [0.3, 0.4) is 0 Å². The summed E-state index contributed by atoms with van der Waals surface area (Å²) in [5.41, 5.74) is -1.44. The van der Waals surface area contributed by atoms with Crippen LogP contribution >= 0.6 is 35.3 Å². The van der Waals surface area contributed by atoms with Crippen molar-refractivity contribution < 1.29 is 33.0 Å². The zero-order chi connectivity index (χ0) is 25.8. The highest BCUT2D eigenvalue weighted by atomic mass is 79.9. The molecule has 2 heterocycles. The standard InChI is InChI=1S/C20H24BrClN3O9P/c1-3-31-17(28)12(2)24-35(30,34-13-7-5-4-6-8-13)32-11-14-16(27)20(21,22)18(33-14)25-10-9-15(26)23-19(25)29/h4-10,12,14,16,18,27H,3,11H2,1-2H3,(H,24,30)(H,23,26,29)/t12-,14+,16+,18+,20-,35+/m0/s1. The number of carbonyl (C=O) groups is 1. The lowest BCUT2D eigenvalue weighted by Gasteiger charge is -2.25. The maximum absolute atomic E-state index is 13.5. The van der Waals surface area contributed by atoms with Gasteiger partial charge in [0.1, 0.15) is 24.0 Å². The van der Waals surface area contributed by atoms with Gasteiger partial charge in [-0.25, -0.2) is 9.36 Å². The number of H-pyrrole nitrogens is 1. The fourth-order valence-electron chi connectivity index (χ4n) is 3.16. The lowest BCUT2D eigenvalue weighted by molar-refractivity contribution is -0.144. The SMILES string of the molecule is CCOC(=O)[C@H](C)N[P@@](=O)(OC[C@H]1O[C@@H](n2ccc(=O)[nH]c2=O)[C@](Cl)(Br)[C@@H]1O)Oc1ccccc1. The third-order valence-corrected chi connectivity index (χ3v) is 7.77. The number of nitrogens with one attached hydrogen (secondary N) is 2. The summed E-state index contributed by atoms with van der Waals surface area (Å²) in [5, 5.41) is 13.2. The van der Waals surface area contributed by atoms with Gasteiger partial charge in [0.25, 0.3) is 5.56 Å². The van der Waals surface area contributed by atoms with Gasteiger partial charge in [-0.2, -0.15) is 5.09 Å². The van der Waals surface area contributed by atoms with Crippen molar-refractivity contribution in [3.05, 3.63) is 63.4 Å². The number of carbonyl (C=O) groups excluding carboxylic acids is 1. The van der Waals surface area contributed by atoms with Crippen molar-refractivity contribution in [1.82, 2.24) is 14.6 Å². The molecule has 3 N–H and O–H groups in total. The van der Waals surface area contributed by atoms with Crippen molar-refractivity contribution in [1.29, 1.82) is 0 Å². The average molecular weight is 597 g/mol. The largest absolute Gasteiger partial charge is 0.465 e. The number of halogens is 2. The van der Waals surface area contributed by atoms with E-state index in [0.29, 0.717) is 0 Å². The van der Waals surface area contributed by atoms with Gasteiger partial charge >= 0.3 is 19.4 Å². The highest BCUT2D eigenvalue weighted by molar-refractivity contribution is 9.10. The van der Waals surface area contributed by atoms with Crippen LogP contribution in [0, 0.1) is 0 Å². The van der Waals surface area contributed by atoms with Crippen LogP contribution in [0.5, 0.6) is 5.75 Å². The molecule has 1 aromatic heterocycles. The number of hydrogen-bond donors (Lipinski definition) is 3. The number of hydrogen-bond acceptors (Lipinski definition) is 9. The highest BCUT2D eigenvalue weighted by Gasteiger charge is 2.55. The fourth-order valence-corrected chi connectivity index (χ4v) is 5.58. The zero-order valence-electron chi connectivity index (χ0n) is 18.6. The van der Waals surface area contributed by atoms with Gasteiger partial charge in [0.2, 0.25) is 0 Å². The number of alkyl halides is 2. The number of para-hydroxylation sites is 1. The Morgan fingerprint density at radius 3 is 2.69 bits per heavy atom. The Kier molecular flexibility index (Phi) is 8.97. The van der Waals surface area contributed by atoms with E-state index < -0.39 is 59.8 Å². The smallest absolute Gasteiger partial charge is 0.459 e. The second kappa shape index (κ2) is 11.4. The first kappa shape index (κ1) is 27.6. The molecule has 0 saturated carbocycles. The van der Waals surface area contributed by atoms with E-state index in [2.05, 4.69) is 26.0 Å². The molecule has 2 aromatic rings. The molecule has 0 radical (unpaired) electrons. The summed E-state index contributed by atoms with van der Waals surface area (Å²) < 4.78 is 34.5. The Balaban J connectivity index is 1.80. The van der Waals surface area contributed by atoms with E-state index in [1.54, 1.807) is 25.1 Å². The summed E-state index contributed by atoms with van der Waals surface area (Å²) in [7, 11) is -4.22. The number of aromatic amines is 1. The van der Waals surface area contributed by atoms with Crippen LogP contribution in [0.2, 0.25) is 0 Å². The van der Waals surface area contributed by atoms with E-state index in [1.807, 2.05) is 0 Å². The number of aliphatic hydroxyl groups is 1. The molecule has 1 saturated heterocycles. The molecule has 1 fully saturated rings. The Labute approximate surface area is 213 Å². The number of rotatable bonds is 10. The Bertz CT molecular complexity index is 1190. The first-order valence-electron chi connectivity index (χ1n) is 10.4. The predicted octanol–water partition coefficient (Wildman–Crippen LogP) is 1.87. The monoisotopic (exact) mass is 595 g/mol. The summed E-state index contributed by atoms with van der Waals surface area (Å²) in [6.45, 7) is 2.65. The second-order valence-electron chi connectivity index (χ2n) is 7.46. The summed E-state index contributed by atoms with van der Waals surface area (Å²) in [6, 6.07) is 8.13. The highest BCUT2D eigenvalue weighted by Crippen LogP contribution is 2.50. The van der Waals surface area contributed by atoms with E-state index in [4.69, 9.17) is 30.1 Å². The number of esters is 1. The average Bonchev–Trinajstić information content (AvgIpc) is 3.02. The molecular formula is C20H24BrClN3O9P. The van der Waals surface area contributed by atoms with Crippen LogP contribution in [0.4, 0.5) is 0 Å². The Morgan fingerprint density at radius 1 is 1.37 bits per heavy atom. The lowest BCUT2D eigenvalue weighted by Crippen LogP contribution is -2.41. The minimum Gasteiger partial charge on any atom is -0.465 e. The normalized spacial score (nSPS) is 26.6. The quantitative estimate of drug-likeness (QED) is 0.210. The summed E-state index contributed by atoms with van der Waals surface area (Å²) in [6.07, 6.45) is -2.76. The second-order valence-corrected chi connectivity index (χ2v) is 11.6. The van der Waals surface area contributed by atoms with Gasteiger partial charge in [-0.05, 0) is 26.0 Å². The third kappa shape index (κ3) is 6.62. The number of nitrogens with zero attached hydrogens (tertiary/aromatic N) is 1. The molecular weight excluding hydrogens is 573 g/mol. The first-order chi connectivity index (χ1) is 16.5. The minimum atomic E-state index is -4.22. The minimum absolute atomic E-state index is 0.117. The number of aliphatic hydroxyl groups excluding tert-OH is 1. The molecule has 1 aliphatic heterocycles. The third-order valence-electron chi connectivity index (χ3n) is 4.85. The lowest BCUT2D eigenvalue weighted by atomic mass is 10.2. The van der Waals surface area contributed by atoms with Crippen molar-refractivity contribution in [2.24, 2.45) is 0 Å². The van der Waals surface area contributed by atoms with Crippen LogP contribution in [0.15, 0.2) is 52.2 Å². The molecule has 3 rings (SSSR count). The van der Waals surface area contributed by atoms with Crippen molar-refractivity contribution in [2.75, 3.05) is 13.2 Å². The van der Waals surface area contributed by atoms with Crippen LogP contribution in [-0.2, 0) is 23.4 Å². The van der Waals surface area contributed by atoms with E-state index in [1.165, 1.54) is 19.1 Å². The molecule has 0 unspecified atom stereocenters. The van der Waals surface area contributed by atoms with E-state index in [-0.39, 0.29) is 12.4 Å². The van der Waals surface area contributed by atoms with Gasteiger partial charge in [-0.15, -0.1) is 0 Å². The molecule has 12 nitrogen and oxygen atoms in total. The fraction of sp³-hybridized carbons (Fsp3) is 0.450. The molecule has 0 aliphatic carbocycles. The van der Waals surface area contributed by atoms with Crippen LogP contribution in [0.25, 0.3) is 0 Å². The topological polar surface area (TPSA) is 158 Å². The van der Waals surface area contributed by atoms with Crippen molar-refractivity contribution >= 4 is 41.2 Å². The van der Waals surface area contributed by atoms with E-state index in [9.17, 15) is 24.1 Å². The summed E-state index contributed by atoms with van der Waals surface area (Å²) >= 11 is 9.58. The predicted molar refractivity (Wildman–Crippen MR) is 129 cm³/mol. The van der Waals surface area contributed by atoms with Crippen LogP contribution in [0.1, 0.15) is 20.1 Å². The molecule has 1 aromatic carbocycles. The van der Waals surface area contributed by atoms with E-state index in [0.717, 1.165) is 16.8 Å². The van der Waals surface area contributed by atoms with Crippen LogP contribution < -0.4 is 20.9 Å². The zero-order valence-corrected chi connectivity index (χ0v) is 21.9. The van der Waals surface area contributed by atoms with Gasteiger partial charge in [0, 0.05) is 12.3 Å². The molecule has 0 spiro atoms. The maximum Gasteiger partial charge on any atom is 0.459 e. The molecule has 35 heavy (non-hydrogen) atoms. The Hall–Kier alpha value is -1.99. The summed E-state index contributed by atoms with van der Waals surface area (Å²) in [4.78, 5) is 37.7. The van der Waals surface area contributed by atoms with Crippen molar-refractivity contribution in [3.63, 3.8) is 0 Å². The van der Waals surface area contributed by atoms with Gasteiger partial charge in [0.15, 0.2) is 10.0 Å². The van der Waals surface area contributed by atoms with Gasteiger partial charge in [-0.1, -0.05) is 45.7 Å². The molecule has 1 aliphatic rings. The number of aromatic nitrogens is 2. The molecule has 192 valence electrons. The number of ether oxygens (including phenoxy) is 2. The van der Waals surface area contributed by atoms with Gasteiger partial charge < -0.3 is 19.1 Å². The Morgan fingerprint density at radius 2 is 2.06 bits per heavy atom. The first-order valence-corrected chi connectivity index (χ1v) is 13.1. The van der Waals surface area contributed by atoms with Crippen molar-refractivity contribution in [3.8, 4) is 5.75 Å². The van der Waals surface area contributed by atoms with Crippen molar-refractivity contribution in [2.45, 2.75) is 42.1 Å². The van der Waals surface area contributed by atoms with Gasteiger partial charge in [0.05, 0.1) is 13.2 Å². The summed E-state index contributed by atoms with van der Waals surface area (Å²) in [5.74, 6) is -0.486. The molecule has 15 heteroatoms. The van der Waals surface area contributed by atoms with Gasteiger partial charge in [-0.3, -0.25) is 23.7 Å². The van der Waals surface area contributed by atoms with E-state index >= 15 is 0 Å². The number of benzene rings is 1. The maximum atomic E-state index is 13.5. The molecule has 0 bridgehead atoms. The molecule has 0 amide bonds. The van der Waals surface area contributed by atoms with Crippen LogP contribution in [-0.4, -0.2) is 55.9 Å². The molecule has 6 atom stereocenters.